The van der Waals surface area contributed by atoms with E-state index in [-0.39, 0.29) is 5.78 Å². The Morgan fingerprint density at radius 2 is 2.15 bits per heavy atom. The molecule has 1 aromatic carbocycles. The number of hydrogen-bond donors (Lipinski definition) is 1. The zero-order valence-electron chi connectivity index (χ0n) is 12.2. The molecule has 0 bridgehead atoms. The Morgan fingerprint density at radius 3 is 2.75 bits per heavy atom. The third-order valence-corrected chi connectivity index (χ3v) is 3.69. The van der Waals surface area contributed by atoms with Crippen LogP contribution in [0.5, 0.6) is 5.75 Å². The van der Waals surface area contributed by atoms with Gasteiger partial charge in [0, 0.05) is 31.1 Å². The van der Waals surface area contributed by atoms with Crippen molar-refractivity contribution in [3.05, 3.63) is 29.8 Å². The number of nitrogens with two attached hydrogens (primary N) is 1. The summed E-state index contributed by atoms with van der Waals surface area (Å²) in [5.41, 5.74) is 6.63. The van der Waals surface area contributed by atoms with Crippen LogP contribution < -0.4 is 10.5 Å². The molecule has 1 aliphatic rings. The molecule has 1 atom stereocenters. The molecule has 0 saturated carbocycles. The second-order valence-electron chi connectivity index (χ2n) is 5.35. The average Bonchev–Trinajstić information content (AvgIpc) is 2.89. The van der Waals surface area contributed by atoms with Gasteiger partial charge in [-0.3, -0.25) is 4.79 Å². The van der Waals surface area contributed by atoms with Gasteiger partial charge in [-0.05, 0) is 43.7 Å². The van der Waals surface area contributed by atoms with E-state index in [1.165, 1.54) is 0 Å². The molecule has 2 N–H and O–H groups in total. The molecule has 1 saturated heterocycles. The van der Waals surface area contributed by atoms with E-state index in [0.29, 0.717) is 19.1 Å². The third kappa shape index (κ3) is 4.32. The molecule has 0 amide bonds. The molecule has 1 aromatic rings. The molecule has 1 fully saturated rings. The summed E-state index contributed by atoms with van der Waals surface area (Å²) in [5, 5.41) is 0. The van der Waals surface area contributed by atoms with Gasteiger partial charge in [0.2, 0.25) is 0 Å². The lowest BCUT2D eigenvalue weighted by molar-refractivity contribution is 0.0988. The molecule has 0 radical (unpaired) electrons. The Labute approximate surface area is 120 Å². The lowest BCUT2D eigenvalue weighted by atomic mass is 10.1. The number of carbonyl (C=O) groups excluding carboxylic acids is 1. The van der Waals surface area contributed by atoms with E-state index < -0.39 is 0 Å². The topological polar surface area (TPSA) is 55.6 Å². The summed E-state index contributed by atoms with van der Waals surface area (Å²) in [7, 11) is 0. The first kappa shape index (κ1) is 15.0. The van der Waals surface area contributed by atoms with Crippen molar-refractivity contribution in [1.29, 1.82) is 0 Å². The van der Waals surface area contributed by atoms with Crippen molar-refractivity contribution < 1.29 is 9.53 Å². The van der Waals surface area contributed by atoms with Gasteiger partial charge in [0.1, 0.15) is 5.75 Å². The minimum Gasteiger partial charge on any atom is -0.494 e. The van der Waals surface area contributed by atoms with Crippen LogP contribution in [0.2, 0.25) is 0 Å². The van der Waals surface area contributed by atoms with Gasteiger partial charge in [-0.2, -0.15) is 0 Å². The van der Waals surface area contributed by atoms with Crippen LogP contribution in [0.3, 0.4) is 0 Å². The van der Waals surface area contributed by atoms with Crippen molar-refractivity contribution in [3.63, 3.8) is 0 Å². The van der Waals surface area contributed by atoms with Crippen molar-refractivity contribution in [3.8, 4) is 5.75 Å². The van der Waals surface area contributed by atoms with Crippen LogP contribution in [0.25, 0.3) is 0 Å². The number of Topliss-reactive ketones (excluding diaryl/α,β-unsaturated/α-hetero) is 1. The summed E-state index contributed by atoms with van der Waals surface area (Å²) >= 11 is 0. The lowest BCUT2D eigenvalue weighted by Gasteiger charge is -2.15. The van der Waals surface area contributed by atoms with Gasteiger partial charge in [0.25, 0.3) is 0 Å². The van der Waals surface area contributed by atoms with Crippen LogP contribution in [0.1, 0.15) is 36.5 Å². The molecule has 20 heavy (non-hydrogen) atoms. The predicted octanol–water partition coefficient (Wildman–Crippen LogP) is 2.08. The maximum Gasteiger partial charge on any atom is 0.162 e. The Bertz CT molecular complexity index is 431. The quantitative estimate of drug-likeness (QED) is 0.612. The fourth-order valence-corrected chi connectivity index (χ4v) is 2.49. The van der Waals surface area contributed by atoms with E-state index in [0.717, 1.165) is 43.8 Å². The van der Waals surface area contributed by atoms with E-state index >= 15 is 0 Å². The number of ether oxygens (including phenoxy) is 1. The van der Waals surface area contributed by atoms with Crippen LogP contribution in [0, 0.1) is 0 Å². The Morgan fingerprint density at radius 1 is 1.40 bits per heavy atom. The first-order chi connectivity index (χ1) is 9.69. The summed E-state index contributed by atoms with van der Waals surface area (Å²) in [4.78, 5) is 13.9. The Kier molecular flexibility index (Phi) is 5.56. The van der Waals surface area contributed by atoms with Crippen LogP contribution in [-0.2, 0) is 0 Å². The molecule has 0 unspecified atom stereocenters. The van der Waals surface area contributed by atoms with Gasteiger partial charge in [-0.1, -0.05) is 6.92 Å². The van der Waals surface area contributed by atoms with Gasteiger partial charge in [0.05, 0.1) is 6.61 Å². The SMILES string of the molecule is CCC(=O)c1ccc(OCCCN2CC[C@@H](N)C2)cc1. The lowest BCUT2D eigenvalue weighted by Crippen LogP contribution is -2.28. The highest BCUT2D eigenvalue weighted by Crippen LogP contribution is 2.14. The molecule has 0 spiro atoms. The molecule has 0 aliphatic carbocycles. The van der Waals surface area contributed by atoms with Crippen LogP contribution >= 0.6 is 0 Å². The van der Waals surface area contributed by atoms with Crippen LogP contribution in [0.4, 0.5) is 0 Å². The second-order valence-corrected chi connectivity index (χ2v) is 5.35. The maximum atomic E-state index is 11.5. The van der Waals surface area contributed by atoms with E-state index in [2.05, 4.69) is 4.90 Å². The highest BCUT2D eigenvalue weighted by molar-refractivity contribution is 5.95. The monoisotopic (exact) mass is 276 g/mol. The van der Waals surface area contributed by atoms with Crippen molar-refractivity contribution in [2.75, 3.05) is 26.2 Å². The molecule has 4 heteroatoms. The first-order valence-corrected chi connectivity index (χ1v) is 7.43. The largest absolute Gasteiger partial charge is 0.494 e. The highest BCUT2D eigenvalue weighted by atomic mass is 16.5. The fraction of sp³-hybridized carbons (Fsp3) is 0.562. The van der Waals surface area contributed by atoms with Gasteiger partial charge in [-0.15, -0.1) is 0 Å². The fourth-order valence-electron chi connectivity index (χ4n) is 2.49. The molecule has 1 aliphatic heterocycles. The number of hydrogen-bond acceptors (Lipinski definition) is 4. The standard InChI is InChI=1S/C16H24N2O2/c1-2-16(19)13-4-6-15(7-5-13)20-11-3-9-18-10-8-14(17)12-18/h4-7,14H,2-3,8-12,17H2,1H3/t14-/m1/s1. The number of likely N-dealkylation sites (tertiary alicyclic amines) is 1. The highest BCUT2D eigenvalue weighted by Gasteiger charge is 2.17. The normalized spacial score (nSPS) is 19.2. The molecule has 1 heterocycles. The molecule has 0 aromatic heterocycles. The Hall–Kier alpha value is -1.39. The van der Waals surface area contributed by atoms with Crippen molar-refractivity contribution in [2.45, 2.75) is 32.2 Å². The van der Waals surface area contributed by atoms with Crippen molar-refractivity contribution in [1.82, 2.24) is 4.90 Å². The average molecular weight is 276 g/mol. The van der Waals surface area contributed by atoms with Crippen LogP contribution in [0.15, 0.2) is 24.3 Å². The number of carbonyl (C=O) groups is 1. The number of ketones is 1. The molecular formula is C16H24N2O2. The first-order valence-electron chi connectivity index (χ1n) is 7.43. The van der Waals surface area contributed by atoms with E-state index in [4.69, 9.17) is 10.5 Å². The molecule has 2 rings (SSSR count). The van der Waals surface area contributed by atoms with Crippen LogP contribution in [-0.4, -0.2) is 43.0 Å². The van der Waals surface area contributed by atoms with E-state index in [1.54, 1.807) is 0 Å². The minimum absolute atomic E-state index is 0.168. The molecular weight excluding hydrogens is 252 g/mol. The summed E-state index contributed by atoms with van der Waals surface area (Å²) < 4.78 is 5.69. The van der Waals surface area contributed by atoms with Crippen molar-refractivity contribution in [2.24, 2.45) is 5.73 Å². The van der Waals surface area contributed by atoms with Gasteiger partial charge >= 0.3 is 0 Å². The summed E-state index contributed by atoms with van der Waals surface area (Å²) in [6.45, 7) is 5.73. The molecule has 4 nitrogen and oxygen atoms in total. The number of benzene rings is 1. The second kappa shape index (κ2) is 7.41. The van der Waals surface area contributed by atoms with Crippen molar-refractivity contribution >= 4 is 5.78 Å². The summed E-state index contributed by atoms with van der Waals surface area (Å²) in [6.07, 6.45) is 2.65. The zero-order chi connectivity index (χ0) is 14.4. The third-order valence-electron chi connectivity index (χ3n) is 3.69. The molecule has 110 valence electrons. The van der Waals surface area contributed by atoms with Gasteiger partial charge in [-0.25, -0.2) is 0 Å². The summed E-state index contributed by atoms with van der Waals surface area (Å²) in [6, 6.07) is 7.75. The van der Waals surface area contributed by atoms with E-state index in [1.807, 2.05) is 31.2 Å². The minimum atomic E-state index is 0.168. The smallest absolute Gasteiger partial charge is 0.162 e. The number of rotatable bonds is 7. The van der Waals surface area contributed by atoms with Gasteiger partial charge < -0.3 is 15.4 Å². The Balaban J connectivity index is 1.67. The predicted molar refractivity (Wildman–Crippen MR) is 80.2 cm³/mol. The maximum absolute atomic E-state index is 11.5. The van der Waals surface area contributed by atoms with Gasteiger partial charge in [0.15, 0.2) is 5.78 Å². The van der Waals surface area contributed by atoms with E-state index in [9.17, 15) is 4.79 Å². The zero-order valence-corrected chi connectivity index (χ0v) is 12.2. The summed E-state index contributed by atoms with van der Waals surface area (Å²) in [5.74, 6) is 0.998. The number of nitrogens with zero attached hydrogens (tertiary/aromatic N) is 1.